The standard InChI is InChI=1S/C7H9BrO2/c1-3-6(8)4-5-7(9)10-2/h3-5H,1-2H3/b5-4+,6-3?. The molecule has 2 nitrogen and oxygen atoms in total. The summed E-state index contributed by atoms with van der Waals surface area (Å²) in [6, 6.07) is 0. The molecule has 0 bridgehead atoms. The summed E-state index contributed by atoms with van der Waals surface area (Å²) >= 11 is 3.20. The van der Waals surface area contributed by atoms with E-state index in [1.807, 2.05) is 13.0 Å². The van der Waals surface area contributed by atoms with Crippen LogP contribution >= 0.6 is 15.9 Å². The molecule has 0 aliphatic rings. The van der Waals surface area contributed by atoms with Gasteiger partial charge in [-0.3, -0.25) is 0 Å². The van der Waals surface area contributed by atoms with Crippen molar-refractivity contribution in [3.63, 3.8) is 0 Å². The predicted molar refractivity (Wildman–Crippen MR) is 43.8 cm³/mol. The molecule has 0 unspecified atom stereocenters. The van der Waals surface area contributed by atoms with Crippen molar-refractivity contribution in [2.75, 3.05) is 7.11 Å². The van der Waals surface area contributed by atoms with E-state index in [1.165, 1.54) is 13.2 Å². The Labute approximate surface area is 68.7 Å². The van der Waals surface area contributed by atoms with Gasteiger partial charge in [-0.1, -0.05) is 22.0 Å². The van der Waals surface area contributed by atoms with E-state index in [1.54, 1.807) is 6.08 Å². The third-order valence-electron chi connectivity index (χ3n) is 0.856. The number of carbonyl (C=O) groups excluding carboxylic acids is 1. The first-order valence-corrected chi connectivity index (χ1v) is 3.58. The highest BCUT2D eigenvalue weighted by atomic mass is 79.9. The molecule has 0 rings (SSSR count). The van der Waals surface area contributed by atoms with Crippen molar-refractivity contribution >= 4 is 21.9 Å². The van der Waals surface area contributed by atoms with Crippen molar-refractivity contribution in [1.29, 1.82) is 0 Å². The molecular weight excluding hydrogens is 196 g/mol. The van der Waals surface area contributed by atoms with E-state index in [-0.39, 0.29) is 5.97 Å². The third-order valence-corrected chi connectivity index (χ3v) is 1.58. The molecule has 0 atom stereocenters. The largest absolute Gasteiger partial charge is 0.466 e. The molecule has 0 radical (unpaired) electrons. The van der Waals surface area contributed by atoms with Crippen LogP contribution in [0.3, 0.4) is 0 Å². The molecule has 0 aromatic carbocycles. The first-order valence-electron chi connectivity index (χ1n) is 2.78. The molecule has 56 valence electrons. The Morgan fingerprint density at radius 3 is 2.50 bits per heavy atom. The van der Waals surface area contributed by atoms with Crippen LogP contribution in [0.5, 0.6) is 0 Å². The van der Waals surface area contributed by atoms with Crippen LogP contribution in [0.1, 0.15) is 6.92 Å². The zero-order chi connectivity index (χ0) is 7.98. The fourth-order valence-electron chi connectivity index (χ4n) is 0.312. The molecule has 0 saturated heterocycles. The second kappa shape index (κ2) is 5.23. The van der Waals surface area contributed by atoms with Gasteiger partial charge in [-0.15, -0.1) is 0 Å². The summed E-state index contributed by atoms with van der Waals surface area (Å²) in [6.45, 7) is 1.87. The molecule has 0 aliphatic heterocycles. The van der Waals surface area contributed by atoms with Crippen LogP contribution in [0.4, 0.5) is 0 Å². The lowest BCUT2D eigenvalue weighted by Crippen LogP contribution is -1.93. The van der Waals surface area contributed by atoms with Gasteiger partial charge in [0.1, 0.15) is 0 Å². The lowest BCUT2D eigenvalue weighted by molar-refractivity contribution is -0.134. The zero-order valence-electron chi connectivity index (χ0n) is 5.93. The summed E-state index contributed by atoms with van der Waals surface area (Å²) in [4.78, 5) is 10.5. The van der Waals surface area contributed by atoms with E-state index in [0.29, 0.717) is 0 Å². The zero-order valence-corrected chi connectivity index (χ0v) is 7.51. The highest BCUT2D eigenvalue weighted by Crippen LogP contribution is 2.04. The Morgan fingerprint density at radius 2 is 2.10 bits per heavy atom. The lowest BCUT2D eigenvalue weighted by atomic mass is 10.4. The van der Waals surface area contributed by atoms with Gasteiger partial charge in [0.25, 0.3) is 0 Å². The van der Waals surface area contributed by atoms with Crippen molar-refractivity contribution in [2.45, 2.75) is 6.92 Å². The molecular formula is C7H9BrO2. The minimum Gasteiger partial charge on any atom is -0.466 e. The summed E-state index contributed by atoms with van der Waals surface area (Å²) in [5.41, 5.74) is 0. The minimum atomic E-state index is -0.348. The monoisotopic (exact) mass is 204 g/mol. The van der Waals surface area contributed by atoms with Crippen molar-refractivity contribution in [3.05, 3.63) is 22.7 Å². The molecule has 0 aromatic heterocycles. The molecule has 0 heterocycles. The summed E-state index contributed by atoms with van der Waals surface area (Å²) in [7, 11) is 1.34. The smallest absolute Gasteiger partial charge is 0.330 e. The quantitative estimate of drug-likeness (QED) is 0.391. The molecule has 0 N–H and O–H groups in total. The van der Waals surface area contributed by atoms with Gasteiger partial charge in [-0.2, -0.15) is 0 Å². The van der Waals surface area contributed by atoms with Gasteiger partial charge in [0.15, 0.2) is 0 Å². The number of hydrogen-bond acceptors (Lipinski definition) is 2. The number of rotatable bonds is 2. The van der Waals surface area contributed by atoms with Crippen LogP contribution in [-0.2, 0) is 9.53 Å². The number of halogens is 1. The molecule has 3 heteroatoms. The van der Waals surface area contributed by atoms with Gasteiger partial charge in [0.2, 0.25) is 0 Å². The number of carbonyl (C=O) groups is 1. The summed E-state index contributed by atoms with van der Waals surface area (Å²) in [6.07, 6.45) is 4.81. The number of hydrogen-bond donors (Lipinski definition) is 0. The van der Waals surface area contributed by atoms with Gasteiger partial charge in [-0.05, 0) is 13.0 Å². The Balaban J connectivity index is 3.88. The Morgan fingerprint density at radius 1 is 1.50 bits per heavy atom. The average Bonchev–Trinajstić information content (AvgIpc) is 1.99. The minimum absolute atomic E-state index is 0.348. The molecule has 0 saturated carbocycles. The lowest BCUT2D eigenvalue weighted by Gasteiger charge is -1.88. The summed E-state index contributed by atoms with van der Waals surface area (Å²) in [5.74, 6) is -0.348. The van der Waals surface area contributed by atoms with E-state index in [4.69, 9.17) is 0 Å². The van der Waals surface area contributed by atoms with Gasteiger partial charge in [0, 0.05) is 10.6 Å². The van der Waals surface area contributed by atoms with E-state index < -0.39 is 0 Å². The molecule has 0 amide bonds. The number of methoxy groups -OCH3 is 1. The first kappa shape index (κ1) is 9.43. The fourth-order valence-corrected chi connectivity index (χ4v) is 0.444. The first-order chi connectivity index (χ1) is 4.70. The van der Waals surface area contributed by atoms with Crippen molar-refractivity contribution in [3.8, 4) is 0 Å². The van der Waals surface area contributed by atoms with Crippen LogP contribution in [0.2, 0.25) is 0 Å². The van der Waals surface area contributed by atoms with E-state index in [9.17, 15) is 4.79 Å². The molecule has 10 heavy (non-hydrogen) atoms. The van der Waals surface area contributed by atoms with Gasteiger partial charge in [-0.25, -0.2) is 4.79 Å². The van der Waals surface area contributed by atoms with Crippen LogP contribution < -0.4 is 0 Å². The average molecular weight is 205 g/mol. The van der Waals surface area contributed by atoms with Crippen LogP contribution in [0.15, 0.2) is 22.7 Å². The molecule has 0 fully saturated rings. The van der Waals surface area contributed by atoms with Crippen LogP contribution in [0.25, 0.3) is 0 Å². The van der Waals surface area contributed by atoms with Gasteiger partial charge in [0.05, 0.1) is 7.11 Å². The summed E-state index contributed by atoms with van der Waals surface area (Å²) < 4.78 is 5.23. The predicted octanol–water partition coefficient (Wildman–Crippen LogP) is 2.01. The summed E-state index contributed by atoms with van der Waals surface area (Å²) in [5, 5.41) is 0. The number of ether oxygens (including phenoxy) is 1. The van der Waals surface area contributed by atoms with Crippen LogP contribution in [-0.4, -0.2) is 13.1 Å². The topological polar surface area (TPSA) is 26.3 Å². The highest BCUT2D eigenvalue weighted by molar-refractivity contribution is 9.11. The maximum atomic E-state index is 10.5. The highest BCUT2D eigenvalue weighted by Gasteiger charge is 1.89. The SMILES string of the molecule is CC=C(Br)/C=C/C(=O)OC. The normalized spacial score (nSPS) is 12.1. The maximum absolute atomic E-state index is 10.5. The van der Waals surface area contributed by atoms with E-state index in [0.717, 1.165) is 4.48 Å². The second-order valence-corrected chi connectivity index (χ2v) is 2.45. The van der Waals surface area contributed by atoms with E-state index in [2.05, 4.69) is 20.7 Å². The Kier molecular flexibility index (Phi) is 4.94. The van der Waals surface area contributed by atoms with Crippen molar-refractivity contribution in [2.24, 2.45) is 0 Å². The molecule has 0 aromatic rings. The molecule has 0 spiro atoms. The third kappa shape index (κ3) is 4.32. The Bertz CT molecular complexity index is 170. The Hall–Kier alpha value is -0.570. The fraction of sp³-hybridized carbons (Fsp3) is 0.286. The van der Waals surface area contributed by atoms with E-state index >= 15 is 0 Å². The van der Waals surface area contributed by atoms with Crippen molar-refractivity contribution < 1.29 is 9.53 Å². The van der Waals surface area contributed by atoms with Crippen LogP contribution in [0, 0.1) is 0 Å². The van der Waals surface area contributed by atoms with Gasteiger partial charge < -0.3 is 4.74 Å². The van der Waals surface area contributed by atoms with Gasteiger partial charge >= 0.3 is 5.97 Å². The number of allylic oxidation sites excluding steroid dienone is 3. The molecule has 0 aliphatic carbocycles. The number of esters is 1. The second-order valence-electron chi connectivity index (χ2n) is 1.53. The maximum Gasteiger partial charge on any atom is 0.330 e. The van der Waals surface area contributed by atoms with Crippen molar-refractivity contribution in [1.82, 2.24) is 0 Å².